The standard InChI is InChI=1S/C28H36ClN3O2/c1-3-4-5-25(32-16-14-31(15-17-32)19-20-6-10-23(30)11-7-20)28(33)22-8-12-24-21(18-22)9-13-26(34-2)27(24)29/h6-13,18,25,28,33H,3-5,14-17,19,30H2,1-2H3/t25-,28+/m1/s1. The van der Waals surface area contributed by atoms with E-state index in [1.165, 1.54) is 5.56 Å². The second-order valence-corrected chi connectivity index (χ2v) is 9.65. The predicted octanol–water partition coefficient (Wildman–Crippen LogP) is 5.49. The van der Waals surface area contributed by atoms with Crippen LogP contribution in [0.3, 0.4) is 0 Å². The van der Waals surface area contributed by atoms with Crippen LogP contribution in [0.25, 0.3) is 10.8 Å². The summed E-state index contributed by atoms with van der Waals surface area (Å²) in [6.45, 7) is 7.04. The van der Waals surface area contributed by atoms with Gasteiger partial charge in [0.25, 0.3) is 0 Å². The van der Waals surface area contributed by atoms with Gasteiger partial charge in [-0.05, 0) is 47.2 Å². The summed E-state index contributed by atoms with van der Waals surface area (Å²) in [7, 11) is 1.62. The number of anilines is 1. The highest BCUT2D eigenvalue weighted by Gasteiger charge is 2.30. The number of methoxy groups -OCH3 is 1. The molecule has 34 heavy (non-hydrogen) atoms. The molecule has 1 fully saturated rings. The maximum absolute atomic E-state index is 11.5. The van der Waals surface area contributed by atoms with Gasteiger partial charge >= 0.3 is 0 Å². The van der Waals surface area contributed by atoms with Crippen molar-refractivity contribution in [1.82, 2.24) is 9.80 Å². The van der Waals surface area contributed by atoms with Crippen LogP contribution < -0.4 is 10.5 Å². The van der Waals surface area contributed by atoms with Crippen molar-refractivity contribution in [3.63, 3.8) is 0 Å². The molecule has 0 aromatic heterocycles. The third-order valence-corrected chi connectivity index (χ3v) is 7.37. The Balaban J connectivity index is 1.46. The molecule has 6 heteroatoms. The SMILES string of the molecule is CCCC[C@H]([C@@H](O)c1ccc2c(Cl)c(OC)ccc2c1)N1CCN(Cc2ccc(N)cc2)CC1. The number of aliphatic hydroxyl groups is 1. The van der Waals surface area contributed by atoms with Gasteiger partial charge in [0.15, 0.2) is 0 Å². The van der Waals surface area contributed by atoms with Gasteiger partial charge in [0.05, 0.1) is 18.2 Å². The number of hydrogen-bond acceptors (Lipinski definition) is 5. The minimum absolute atomic E-state index is 0.102. The van der Waals surface area contributed by atoms with Crippen LogP contribution in [0.4, 0.5) is 5.69 Å². The average molecular weight is 482 g/mol. The summed E-state index contributed by atoms with van der Waals surface area (Å²) in [6.07, 6.45) is 2.66. The first-order chi connectivity index (χ1) is 16.5. The number of halogens is 1. The van der Waals surface area contributed by atoms with E-state index in [0.29, 0.717) is 10.8 Å². The fourth-order valence-corrected chi connectivity index (χ4v) is 5.25. The summed E-state index contributed by atoms with van der Waals surface area (Å²) in [4.78, 5) is 4.96. The van der Waals surface area contributed by atoms with Crippen molar-refractivity contribution in [2.75, 3.05) is 39.0 Å². The van der Waals surface area contributed by atoms with E-state index < -0.39 is 6.10 Å². The number of nitrogens with two attached hydrogens (primary N) is 1. The van der Waals surface area contributed by atoms with E-state index in [9.17, 15) is 5.11 Å². The maximum Gasteiger partial charge on any atom is 0.138 e. The fourth-order valence-electron chi connectivity index (χ4n) is 4.94. The number of ether oxygens (including phenoxy) is 1. The number of hydrogen-bond donors (Lipinski definition) is 2. The van der Waals surface area contributed by atoms with Crippen molar-refractivity contribution in [3.05, 3.63) is 70.7 Å². The lowest BCUT2D eigenvalue weighted by molar-refractivity contribution is 0.0113. The number of fused-ring (bicyclic) bond motifs is 1. The van der Waals surface area contributed by atoms with Gasteiger partial charge in [-0.3, -0.25) is 9.80 Å². The molecule has 1 heterocycles. The zero-order valence-corrected chi connectivity index (χ0v) is 21.0. The highest BCUT2D eigenvalue weighted by molar-refractivity contribution is 6.37. The number of rotatable bonds is 9. The molecule has 3 aromatic rings. The zero-order chi connectivity index (χ0) is 24.1. The van der Waals surface area contributed by atoms with Crippen molar-refractivity contribution in [2.24, 2.45) is 0 Å². The van der Waals surface area contributed by atoms with Crippen LogP contribution in [0.15, 0.2) is 54.6 Å². The summed E-state index contributed by atoms with van der Waals surface area (Å²) in [5.41, 5.74) is 8.86. The molecule has 1 saturated heterocycles. The Morgan fingerprint density at radius 1 is 1.03 bits per heavy atom. The fraction of sp³-hybridized carbons (Fsp3) is 0.429. The summed E-state index contributed by atoms with van der Waals surface area (Å²) < 4.78 is 5.35. The van der Waals surface area contributed by atoms with Crippen LogP contribution in [-0.2, 0) is 6.54 Å². The van der Waals surface area contributed by atoms with Crippen LogP contribution >= 0.6 is 11.6 Å². The number of piperazine rings is 1. The van der Waals surface area contributed by atoms with Crippen molar-refractivity contribution >= 4 is 28.1 Å². The first-order valence-corrected chi connectivity index (χ1v) is 12.6. The second-order valence-electron chi connectivity index (χ2n) is 9.27. The molecule has 0 saturated carbocycles. The van der Waals surface area contributed by atoms with Gasteiger partial charge in [0, 0.05) is 49.8 Å². The van der Waals surface area contributed by atoms with Crippen molar-refractivity contribution < 1.29 is 9.84 Å². The largest absolute Gasteiger partial charge is 0.495 e. The quantitative estimate of drug-likeness (QED) is 0.395. The van der Waals surface area contributed by atoms with E-state index in [2.05, 4.69) is 34.9 Å². The monoisotopic (exact) mass is 481 g/mol. The molecule has 1 aliphatic rings. The van der Waals surface area contributed by atoms with E-state index in [1.54, 1.807) is 7.11 Å². The molecule has 0 spiro atoms. The third kappa shape index (κ3) is 5.66. The number of nitrogens with zero attached hydrogens (tertiary/aromatic N) is 2. The number of unbranched alkanes of at least 4 members (excludes halogenated alkanes) is 1. The smallest absolute Gasteiger partial charge is 0.138 e. The molecule has 5 nitrogen and oxygen atoms in total. The third-order valence-electron chi connectivity index (χ3n) is 6.98. The lowest BCUT2D eigenvalue weighted by atomic mass is 9.94. The number of benzene rings is 3. The molecule has 182 valence electrons. The molecule has 4 rings (SSSR count). The van der Waals surface area contributed by atoms with Crippen molar-refractivity contribution in [1.29, 1.82) is 0 Å². The second kappa shape index (κ2) is 11.4. The van der Waals surface area contributed by atoms with Gasteiger partial charge in [-0.1, -0.05) is 61.7 Å². The summed E-state index contributed by atoms with van der Waals surface area (Å²) in [5, 5.41) is 14.1. The Kier molecular flexibility index (Phi) is 8.32. The number of aliphatic hydroxyl groups excluding tert-OH is 1. The van der Waals surface area contributed by atoms with Gasteiger partial charge in [-0.2, -0.15) is 0 Å². The molecule has 0 amide bonds. The summed E-state index contributed by atoms with van der Waals surface area (Å²) >= 11 is 6.50. The maximum atomic E-state index is 11.5. The van der Waals surface area contributed by atoms with Gasteiger partial charge in [-0.25, -0.2) is 0 Å². The first kappa shape index (κ1) is 24.8. The van der Waals surface area contributed by atoms with Crippen LogP contribution in [-0.4, -0.2) is 54.2 Å². The van der Waals surface area contributed by atoms with Crippen molar-refractivity contribution in [2.45, 2.75) is 44.9 Å². The molecule has 0 unspecified atom stereocenters. The highest BCUT2D eigenvalue weighted by atomic mass is 35.5. The molecule has 2 atom stereocenters. The Morgan fingerprint density at radius 3 is 2.44 bits per heavy atom. The topological polar surface area (TPSA) is 62.0 Å². The lowest BCUT2D eigenvalue weighted by Gasteiger charge is -2.41. The zero-order valence-electron chi connectivity index (χ0n) is 20.2. The first-order valence-electron chi connectivity index (χ1n) is 12.2. The van der Waals surface area contributed by atoms with Gasteiger partial charge in [-0.15, -0.1) is 0 Å². The van der Waals surface area contributed by atoms with Crippen LogP contribution in [0, 0.1) is 0 Å². The van der Waals surface area contributed by atoms with Crippen LogP contribution in [0.1, 0.15) is 43.4 Å². The van der Waals surface area contributed by atoms with E-state index >= 15 is 0 Å². The van der Waals surface area contributed by atoms with E-state index in [4.69, 9.17) is 22.1 Å². The predicted molar refractivity (Wildman–Crippen MR) is 141 cm³/mol. The van der Waals surface area contributed by atoms with E-state index in [0.717, 1.165) is 74.0 Å². The Bertz CT molecular complexity index is 1080. The minimum atomic E-state index is -0.541. The lowest BCUT2D eigenvalue weighted by Crippen LogP contribution is -2.51. The average Bonchev–Trinajstić information content (AvgIpc) is 2.86. The van der Waals surface area contributed by atoms with Crippen LogP contribution in [0.5, 0.6) is 5.75 Å². The number of nitrogen functional groups attached to an aromatic ring is 1. The van der Waals surface area contributed by atoms with Gasteiger partial charge in [0.1, 0.15) is 5.75 Å². The normalized spacial score (nSPS) is 17.1. The molecule has 0 aliphatic carbocycles. The molecular formula is C28H36ClN3O2. The molecule has 3 N–H and O–H groups in total. The molecule has 0 bridgehead atoms. The van der Waals surface area contributed by atoms with Gasteiger partial charge in [0.2, 0.25) is 0 Å². The van der Waals surface area contributed by atoms with E-state index in [1.807, 2.05) is 36.4 Å². The highest BCUT2D eigenvalue weighted by Crippen LogP contribution is 2.35. The molecule has 3 aromatic carbocycles. The molecular weight excluding hydrogens is 446 g/mol. The Hall–Kier alpha value is -2.31. The minimum Gasteiger partial charge on any atom is -0.495 e. The Morgan fingerprint density at radius 2 is 1.76 bits per heavy atom. The molecule has 1 aliphatic heterocycles. The Labute approximate surface area is 208 Å². The van der Waals surface area contributed by atoms with Crippen molar-refractivity contribution in [3.8, 4) is 5.75 Å². The summed E-state index contributed by atoms with van der Waals surface area (Å²) in [5.74, 6) is 0.667. The molecule has 0 radical (unpaired) electrons. The van der Waals surface area contributed by atoms with Gasteiger partial charge < -0.3 is 15.6 Å². The van der Waals surface area contributed by atoms with Crippen LogP contribution in [0.2, 0.25) is 5.02 Å². The summed E-state index contributed by atoms with van der Waals surface area (Å²) in [6, 6.07) is 18.2. The van der Waals surface area contributed by atoms with E-state index in [-0.39, 0.29) is 6.04 Å².